The van der Waals surface area contributed by atoms with E-state index < -0.39 is 0 Å². The molecule has 2 aromatic carbocycles. The average Bonchev–Trinajstić information content (AvgIpc) is 3.02. The van der Waals surface area contributed by atoms with E-state index in [9.17, 15) is 4.79 Å². The second kappa shape index (κ2) is 7.62. The van der Waals surface area contributed by atoms with Crippen LogP contribution in [-0.4, -0.2) is 22.8 Å². The third-order valence-electron chi connectivity index (χ3n) is 4.19. The van der Waals surface area contributed by atoms with Crippen molar-refractivity contribution in [2.75, 3.05) is 7.05 Å². The first-order chi connectivity index (χ1) is 12.1. The maximum atomic E-state index is 12.6. The molecule has 0 aliphatic rings. The summed E-state index contributed by atoms with van der Waals surface area (Å²) in [6.07, 6.45) is 2.57. The number of carbonyl (C=O) groups is 1. The lowest BCUT2D eigenvalue weighted by Crippen LogP contribution is -2.24. The number of carbonyl (C=O) groups excluding carboxylic acids is 1. The van der Waals surface area contributed by atoms with Crippen molar-refractivity contribution >= 4 is 33.0 Å². The maximum absolute atomic E-state index is 12.6. The van der Waals surface area contributed by atoms with Gasteiger partial charge in [0.25, 0.3) is 0 Å². The van der Waals surface area contributed by atoms with Crippen molar-refractivity contribution in [3.8, 4) is 0 Å². The second-order valence-corrected chi connectivity index (χ2v) is 7.27. The van der Waals surface area contributed by atoms with Crippen molar-refractivity contribution in [2.45, 2.75) is 26.8 Å². The van der Waals surface area contributed by atoms with Crippen molar-refractivity contribution in [1.82, 2.24) is 9.88 Å². The quantitative estimate of drug-likeness (QED) is 0.603. The van der Waals surface area contributed by atoms with Crippen molar-refractivity contribution in [3.63, 3.8) is 0 Å². The molecule has 0 unspecified atom stereocenters. The molecule has 128 valence electrons. The number of hydrogen-bond donors (Lipinski definition) is 0. The number of benzene rings is 2. The minimum absolute atomic E-state index is 0.0108. The summed E-state index contributed by atoms with van der Waals surface area (Å²) >= 11 is 1.64. The molecule has 0 aliphatic heterocycles. The van der Waals surface area contributed by atoms with Crippen LogP contribution in [0.4, 0.5) is 0 Å². The van der Waals surface area contributed by atoms with E-state index in [1.165, 1.54) is 5.56 Å². The van der Waals surface area contributed by atoms with Crippen LogP contribution in [0.1, 0.15) is 29.5 Å². The monoisotopic (exact) mass is 350 g/mol. The van der Waals surface area contributed by atoms with E-state index in [-0.39, 0.29) is 5.91 Å². The molecule has 0 bridgehead atoms. The van der Waals surface area contributed by atoms with Crippen LogP contribution in [0, 0.1) is 6.92 Å². The number of fused-ring (bicyclic) bond motifs is 1. The molecule has 1 amide bonds. The minimum atomic E-state index is 0.0108. The zero-order valence-electron chi connectivity index (χ0n) is 14.8. The molecule has 1 heterocycles. The number of rotatable bonds is 5. The molecule has 25 heavy (non-hydrogen) atoms. The highest BCUT2D eigenvalue weighted by Gasteiger charge is 2.12. The van der Waals surface area contributed by atoms with Crippen LogP contribution >= 0.6 is 11.3 Å². The van der Waals surface area contributed by atoms with Gasteiger partial charge < -0.3 is 4.90 Å². The highest BCUT2D eigenvalue weighted by Crippen LogP contribution is 2.23. The van der Waals surface area contributed by atoms with Crippen LogP contribution < -0.4 is 0 Å². The summed E-state index contributed by atoms with van der Waals surface area (Å²) in [6.45, 7) is 4.67. The van der Waals surface area contributed by atoms with Crippen LogP contribution in [0.3, 0.4) is 0 Å². The fourth-order valence-electron chi connectivity index (χ4n) is 2.68. The molecule has 0 saturated heterocycles. The fraction of sp³-hybridized carbons (Fsp3) is 0.238. The number of allylic oxidation sites excluding steroid dienone is 1. The molecule has 3 nitrogen and oxygen atoms in total. The van der Waals surface area contributed by atoms with Crippen LogP contribution in [-0.2, 0) is 11.3 Å². The Balaban J connectivity index is 1.75. The van der Waals surface area contributed by atoms with Crippen LogP contribution in [0.25, 0.3) is 15.8 Å². The van der Waals surface area contributed by atoms with Gasteiger partial charge in [0.15, 0.2) is 0 Å². The number of nitrogens with zero attached hydrogens (tertiary/aromatic N) is 2. The Morgan fingerprint density at radius 2 is 1.88 bits per heavy atom. The molecule has 3 aromatic rings. The zero-order chi connectivity index (χ0) is 17.8. The Morgan fingerprint density at radius 1 is 1.16 bits per heavy atom. The Morgan fingerprint density at radius 3 is 2.56 bits per heavy atom. The van der Waals surface area contributed by atoms with E-state index in [0.29, 0.717) is 6.54 Å². The number of thiazole rings is 1. The summed E-state index contributed by atoms with van der Waals surface area (Å²) in [7, 11) is 1.83. The molecule has 0 fully saturated rings. The number of para-hydroxylation sites is 1. The summed E-state index contributed by atoms with van der Waals surface area (Å²) in [5, 5.41) is 0.957. The SMILES string of the molecule is CC/C(=C/C(=O)N(C)Cc1nc2ccccc2s1)c1ccc(C)cc1. The standard InChI is InChI=1S/C21H22N2OS/c1-4-16(17-11-9-15(2)10-12-17)13-21(24)23(3)14-20-22-18-7-5-6-8-19(18)25-20/h5-13H,4,14H2,1-3H3/b16-13-. The number of likely N-dealkylation sites (N-methyl/N-ethyl adjacent to an activating group) is 1. The fourth-order valence-corrected chi connectivity index (χ4v) is 3.71. The summed E-state index contributed by atoms with van der Waals surface area (Å²) in [5.74, 6) is 0.0108. The number of hydrogen-bond acceptors (Lipinski definition) is 3. The molecular formula is C21H22N2OS. The van der Waals surface area contributed by atoms with Crippen molar-refractivity contribution < 1.29 is 4.79 Å². The van der Waals surface area contributed by atoms with Crippen LogP contribution in [0.5, 0.6) is 0 Å². The van der Waals surface area contributed by atoms with Gasteiger partial charge in [-0.05, 0) is 36.6 Å². The van der Waals surface area contributed by atoms with Gasteiger partial charge >= 0.3 is 0 Å². The maximum Gasteiger partial charge on any atom is 0.246 e. The summed E-state index contributed by atoms with van der Waals surface area (Å²) < 4.78 is 1.16. The Labute approximate surface area is 152 Å². The summed E-state index contributed by atoms with van der Waals surface area (Å²) in [5.41, 5.74) is 4.38. The molecule has 0 aliphatic carbocycles. The van der Waals surface area contributed by atoms with Gasteiger partial charge in [0.05, 0.1) is 16.8 Å². The lowest BCUT2D eigenvalue weighted by Gasteiger charge is -2.14. The van der Waals surface area contributed by atoms with Gasteiger partial charge in [-0.2, -0.15) is 0 Å². The van der Waals surface area contributed by atoms with Gasteiger partial charge in [0.2, 0.25) is 5.91 Å². The average molecular weight is 350 g/mol. The van der Waals surface area contributed by atoms with E-state index in [1.807, 2.05) is 25.2 Å². The largest absolute Gasteiger partial charge is 0.335 e. The van der Waals surface area contributed by atoms with E-state index in [0.717, 1.165) is 32.8 Å². The molecule has 0 N–H and O–H groups in total. The minimum Gasteiger partial charge on any atom is -0.335 e. The first-order valence-corrected chi connectivity index (χ1v) is 9.25. The molecule has 4 heteroatoms. The first kappa shape index (κ1) is 17.4. The van der Waals surface area contributed by atoms with E-state index >= 15 is 0 Å². The lowest BCUT2D eigenvalue weighted by atomic mass is 10.0. The predicted octanol–water partition coefficient (Wildman–Crippen LogP) is 5.06. The summed E-state index contributed by atoms with van der Waals surface area (Å²) in [6, 6.07) is 16.4. The molecule has 0 atom stereocenters. The molecule has 3 rings (SSSR count). The van der Waals surface area contributed by atoms with E-state index in [2.05, 4.69) is 49.2 Å². The number of aromatic nitrogens is 1. The van der Waals surface area contributed by atoms with Crippen molar-refractivity contribution in [1.29, 1.82) is 0 Å². The van der Waals surface area contributed by atoms with Crippen molar-refractivity contribution in [2.24, 2.45) is 0 Å². The predicted molar refractivity (Wildman–Crippen MR) is 106 cm³/mol. The Kier molecular flexibility index (Phi) is 5.29. The third kappa shape index (κ3) is 4.15. The summed E-state index contributed by atoms with van der Waals surface area (Å²) in [4.78, 5) is 18.9. The first-order valence-electron chi connectivity index (χ1n) is 8.44. The highest BCUT2D eigenvalue weighted by atomic mass is 32.1. The topological polar surface area (TPSA) is 33.2 Å². The second-order valence-electron chi connectivity index (χ2n) is 6.16. The van der Waals surface area contributed by atoms with Gasteiger partial charge in [-0.1, -0.05) is 48.9 Å². The van der Waals surface area contributed by atoms with E-state index in [1.54, 1.807) is 22.3 Å². The molecule has 0 saturated carbocycles. The van der Waals surface area contributed by atoms with Crippen LogP contribution in [0.15, 0.2) is 54.6 Å². The van der Waals surface area contributed by atoms with Gasteiger partial charge in [-0.15, -0.1) is 11.3 Å². The molecule has 0 spiro atoms. The smallest absolute Gasteiger partial charge is 0.246 e. The highest BCUT2D eigenvalue weighted by molar-refractivity contribution is 7.18. The van der Waals surface area contributed by atoms with E-state index in [4.69, 9.17) is 0 Å². The van der Waals surface area contributed by atoms with Gasteiger partial charge in [0.1, 0.15) is 5.01 Å². The van der Waals surface area contributed by atoms with Gasteiger partial charge in [-0.3, -0.25) is 4.79 Å². The molecule has 1 aromatic heterocycles. The Hall–Kier alpha value is -2.46. The zero-order valence-corrected chi connectivity index (χ0v) is 15.6. The molecule has 0 radical (unpaired) electrons. The lowest BCUT2D eigenvalue weighted by molar-refractivity contribution is -0.125. The number of aryl methyl sites for hydroxylation is 1. The number of amides is 1. The Bertz CT molecular complexity index is 876. The van der Waals surface area contributed by atoms with Gasteiger partial charge in [0, 0.05) is 13.1 Å². The molecular weight excluding hydrogens is 328 g/mol. The van der Waals surface area contributed by atoms with Gasteiger partial charge in [-0.25, -0.2) is 4.98 Å². The van der Waals surface area contributed by atoms with Crippen LogP contribution in [0.2, 0.25) is 0 Å². The normalized spacial score (nSPS) is 11.7. The third-order valence-corrected chi connectivity index (χ3v) is 5.21. The van der Waals surface area contributed by atoms with Crippen molar-refractivity contribution in [3.05, 3.63) is 70.7 Å².